The molecule has 1 aromatic carbocycles. The lowest BCUT2D eigenvalue weighted by molar-refractivity contribution is -0.166. The van der Waals surface area contributed by atoms with Crippen LogP contribution in [0.5, 0.6) is 5.75 Å². The van der Waals surface area contributed by atoms with E-state index in [-0.39, 0.29) is 23.3 Å². The van der Waals surface area contributed by atoms with Crippen LogP contribution in [0.25, 0.3) is 0 Å². The summed E-state index contributed by atoms with van der Waals surface area (Å²) in [4.78, 5) is 36.2. The van der Waals surface area contributed by atoms with Gasteiger partial charge in [-0.05, 0) is 62.5 Å². The van der Waals surface area contributed by atoms with Crippen LogP contribution in [0.15, 0.2) is 24.3 Å². The molecule has 0 heterocycles. The van der Waals surface area contributed by atoms with Gasteiger partial charge in [-0.15, -0.1) is 0 Å². The minimum atomic E-state index is -0.517. The van der Waals surface area contributed by atoms with E-state index in [1.807, 2.05) is 0 Å². The number of amides is 2. The van der Waals surface area contributed by atoms with Gasteiger partial charge in [0, 0.05) is 31.1 Å². The van der Waals surface area contributed by atoms with Crippen molar-refractivity contribution in [1.29, 1.82) is 0 Å². The first-order valence-corrected chi connectivity index (χ1v) is 9.66. The van der Waals surface area contributed by atoms with Crippen LogP contribution in [0, 0.1) is 17.3 Å². The molecule has 0 aromatic heterocycles. The van der Waals surface area contributed by atoms with Crippen molar-refractivity contribution >= 4 is 23.5 Å². The molecular weight excluding hydrogens is 344 g/mol. The molecule has 2 amide bonds. The first kappa shape index (κ1) is 18.0. The number of carbonyl (C=O) groups excluding carboxylic acids is 3. The highest BCUT2D eigenvalue weighted by atomic mass is 16.5. The van der Waals surface area contributed by atoms with Crippen LogP contribution in [0.1, 0.15) is 52.4 Å². The molecule has 1 aromatic rings. The van der Waals surface area contributed by atoms with Crippen molar-refractivity contribution in [2.75, 3.05) is 5.32 Å². The summed E-state index contributed by atoms with van der Waals surface area (Å²) >= 11 is 0. The van der Waals surface area contributed by atoms with Crippen LogP contribution in [0.4, 0.5) is 5.69 Å². The zero-order chi connectivity index (χ0) is 19.2. The first-order chi connectivity index (χ1) is 12.8. The predicted octanol–water partition coefficient (Wildman–Crippen LogP) is 3.03. The Morgan fingerprint density at radius 1 is 1.04 bits per heavy atom. The minimum Gasteiger partial charge on any atom is -0.426 e. The molecule has 2 N–H and O–H groups in total. The van der Waals surface area contributed by atoms with Crippen molar-refractivity contribution in [3.05, 3.63) is 24.3 Å². The van der Waals surface area contributed by atoms with E-state index in [4.69, 9.17) is 4.74 Å². The third-order valence-electron chi connectivity index (χ3n) is 6.30. The van der Waals surface area contributed by atoms with Gasteiger partial charge in [0.05, 0.1) is 5.41 Å². The molecule has 27 heavy (non-hydrogen) atoms. The summed E-state index contributed by atoms with van der Waals surface area (Å²) in [6.07, 6.45) is 5.43. The smallest absolute Gasteiger partial charge is 0.317 e. The van der Waals surface area contributed by atoms with Gasteiger partial charge in [-0.2, -0.15) is 0 Å². The van der Waals surface area contributed by atoms with E-state index in [9.17, 15) is 14.4 Å². The minimum absolute atomic E-state index is 0.0246. The van der Waals surface area contributed by atoms with E-state index < -0.39 is 5.41 Å². The Morgan fingerprint density at radius 2 is 1.74 bits per heavy atom. The first-order valence-electron chi connectivity index (χ1n) is 9.66. The van der Waals surface area contributed by atoms with Gasteiger partial charge in [-0.25, -0.2) is 0 Å². The van der Waals surface area contributed by atoms with Gasteiger partial charge in [0.1, 0.15) is 5.75 Å². The van der Waals surface area contributed by atoms with Crippen molar-refractivity contribution in [3.8, 4) is 5.75 Å². The fraction of sp³-hybridized carbons (Fsp3) is 0.571. The second kappa shape index (κ2) is 6.36. The fourth-order valence-electron chi connectivity index (χ4n) is 6.08. The van der Waals surface area contributed by atoms with E-state index >= 15 is 0 Å². The molecule has 144 valence electrons. The van der Waals surface area contributed by atoms with E-state index in [0.29, 0.717) is 29.7 Å². The Balaban J connectivity index is 1.55. The van der Waals surface area contributed by atoms with Gasteiger partial charge in [-0.1, -0.05) is 6.07 Å². The molecule has 2 atom stereocenters. The Hall–Kier alpha value is -2.37. The van der Waals surface area contributed by atoms with Crippen LogP contribution < -0.4 is 15.4 Å². The lowest BCUT2D eigenvalue weighted by Crippen LogP contribution is -2.65. The Labute approximate surface area is 159 Å². The summed E-state index contributed by atoms with van der Waals surface area (Å²) in [5.74, 6) is 0.981. The maximum Gasteiger partial charge on any atom is 0.317 e. The van der Waals surface area contributed by atoms with Crippen LogP contribution in [0.3, 0.4) is 0 Å². The molecule has 4 fully saturated rings. The summed E-state index contributed by atoms with van der Waals surface area (Å²) in [7, 11) is 0. The summed E-state index contributed by atoms with van der Waals surface area (Å²) in [5.41, 5.74) is -0.170. The molecule has 0 radical (unpaired) electrons. The lowest BCUT2D eigenvalue weighted by atomic mass is 9.47. The van der Waals surface area contributed by atoms with E-state index in [1.54, 1.807) is 31.2 Å². The van der Waals surface area contributed by atoms with Crippen LogP contribution in [0.2, 0.25) is 0 Å². The zero-order valence-corrected chi connectivity index (χ0v) is 15.8. The highest BCUT2D eigenvalue weighted by Crippen LogP contribution is 2.62. The Bertz CT molecular complexity index is 789. The van der Waals surface area contributed by atoms with Gasteiger partial charge < -0.3 is 15.4 Å². The fourth-order valence-corrected chi connectivity index (χ4v) is 6.08. The summed E-state index contributed by atoms with van der Waals surface area (Å²) in [5, 5.41) is 5.87. The van der Waals surface area contributed by atoms with E-state index in [2.05, 4.69) is 10.6 Å². The molecule has 0 saturated heterocycles. The number of hydrogen-bond donors (Lipinski definition) is 2. The monoisotopic (exact) mass is 370 g/mol. The number of ether oxygens (including phenoxy) is 1. The topological polar surface area (TPSA) is 84.5 Å². The number of esters is 1. The number of nitrogens with one attached hydrogen (secondary N) is 2. The van der Waals surface area contributed by atoms with Crippen LogP contribution in [-0.2, 0) is 14.4 Å². The molecule has 4 aliphatic carbocycles. The largest absolute Gasteiger partial charge is 0.426 e. The third-order valence-corrected chi connectivity index (χ3v) is 6.30. The maximum absolute atomic E-state index is 13.2. The van der Waals surface area contributed by atoms with Crippen LogP contribution in [-0.4, -0.2) is 23.3 Å². The molecule has 6 nitrogen and oxygen atoms in total. The molecular formula is C21H26N2O4. The quantitative estimate of drug-likeness (QED) is 0.630. The van der Waals surface area contributed by atoms with Gasteiger partial charge in [-0.3, -0.25) is 14.4 Å². The summed E-state index contributed by atoms with van der Waals surface area (Å²) in [6.45, 7) is 2.99. The molecule has 6 heteroatoms. The highest BCUT2D eigenvalue weighted by Gasteiger charge is 2.61. The van der Waals surface area contributed by atoms with Crippen molar-refractivity contribution < 1.29 is 19.1 Å². The lowest BCUT2D eigenvalue weighted by Gasteiger charge is -2.60. The summed E-state index contributed by atoms with van der Waals surface area (Å²) in [6, 6.07) is 6.91. The van der Waals surface area contributed by atoms with E-state index in [1.165, 1.54) is 6.92 Å². The standard InChI is InChI=1S/C21H26N2O4/c1-13(24)22-17-4-3-5-18(7-17)27-19(26)20-8-15-6-16(9-20)11-21(10-15,12-20)23-14(2)25/h3-5,7,15-16H,6,8-12H2,1-2H3,(H,22,24)(H,23,25)/t15-,16-,20?,21?/m1/s1. The van der Waals surface area contributed by atoms with E-state index in [0.717, 1.165) is 32.1 Å². The average Bonchev–Trinajstić information content (AvgIpc) is 2.51. The summed E-state index contributed by atoms with van der Waals surface area (Å²) < 4.78 is 5.77. The van der Waals surface area contributed by atoms with Crippen LogP contribution >= 0.6 is 0 Å². The molecule has 4 saturated carbocycles. The number of hydrogen-bond acceptors (Lipinski definition) is 4. The number of carbonyl (C=O) groups is 3. The van der Waals surface area contributed by atoms with Gasteiger partial charge in [0.25, 0.3) is 0 Å². The normalized spacial score (nSPS) is 33.4. The maximum atomic E-state index is 13.2. The molecule has 0 spiro atoms. The van der Waals surface area contributed by atoms with Crippen molar-refractivity contribution in [2.24, 2.45) is 17.3 Å². The van der Waals surface area contributed by atoms with Gasteiger partial charge >= 0.3 is 5.97 Å². The highest BCUT2D eigenvalue weighted by molar-refractivity contribution is 5.89. The van der Waals surface area contributed by atoms with Crippen molar-refractivity contribution in [3.63, 3.8) is 0 Å². The SMILES string of the molecule is CC(=O)Nc1cccc(OC(=O)C23C[C@H]4C[C@@H](CC(NC(C)=O)(C4)C2)C3)c1. The number of benzene rings is 1. The third kappa shape index (κ3) is 3.45. The number of anilines is 1. The second-order valence-electron chi connectivity index (χ2n) is 8.80. The zero-order valence-electron chi connectivity index (χ0n) is 15.8. The van der Waals surface area contributed by atoms with Gasteiger partial charge in [0.15, 0.2) is 0 Å². The Kier molecular flexibility index (Phi) is 4.24. The Morgan fingerprint density at radius 3 is 2.37 bits per heavy atom. The molecule has 4 aliphatic rings. The van der Waals surface area contributed by atoms with Crippen molar-refractivity contribution in [1.82, 2.24) is 5.32 Å². The molecule has 5 rings (SSSR count). The van der Waals surface area contributed by atoms with Crippen molar-refractivity contribution in [2.45, 2.75) is 57.9 Å². The molecule has 4 bridgehead atoms. The molecule has 0 aliphatic heterocycles. The molecule has 0 unspecified atom stereocenters. The number of rotatable bonds is 4. The average molecular weight is 370 g/mol. The van der Waals surface area contributed by atoms with Gasteiger partial charge in [0.2, 0.25) is 11.8 Å². The second-order valence-corrected chi connectivity index (χ2v) is 8.80. The predicted molar refractivity (Wildman–Crippen MR) is 100 cm³/mol.